The van der Waals surface area contributed by atoms with Gasteiger partial charge < -0.3 is 5.32 Å². The van der Waals surface area contributed by atoms with E-state index in [1.807, 2.05) is 35.9 Å². The van der Waals surface area contributed by atoms with Crippen LogP contribution in [0.1, 0.15) is 43.6 Å². The van der Waals surface area contributed by atoms with Crippen LogP contribution in [0.25, 0.3) is 0 Å². The third-order valence-electron chi connectivity index (χ3n) is 4.14. The highest BCUT2D eigenvalue weighted by Crippen LogP contribution is 2.34. The van der Waals surface area contributed by atoms with Crippen molar-refractivity contribution in [3.05, 3.63) is 35.7 Å². The molecule has 1 fully saturated rings. The zero-order valence-corrected chi connectivity index (χ0v) is 14.3. The van der Waals surface area contributed by atoms with E-state index in [0.29, 0.717) is 19.1 Å². The maximum Gasteiger partial charge on any atom is 0.238 e. The van der Waals surface area contributed by atoms with E-state index in [2.05, 4.69) is 32.7 Å². The predicted molar refractivity (Wildman–Crippen MR) is 91.5 cm³/mol. The molecular formula is C17H24N6O. The molecule has 0 unspecified atom stereocenters. The number of carbonyl (C=O) groups excluding carboxylic acids is 1. The average molecular weight is 328 g/mol. The molecule has 0 spiro atoms. The van der Waals surface area contributed by atoms with Crippen molar-refractivity contribution in [3.63, 3.8) is 0 Å². The Morgan fingerprint density at radius 3 is 2.88 bits per heavy atom. The topological polar surface area (TPSA) is 75.9 Å². The van der Waals surface area contributed by atoms with E-state index in [-0.39, 0.29) is 5.91 Å². The maximum absolute atomic E-state index is 12.4. The lowest BCUT2D eigenvalue weighted by Gasteiger charge is -2.20. The van der Waals surface area contributed by atoms with Gasteiger partial charge in [-0.1, -0.05) is 25.1 Å². The smallest absolute Gasteiger partial charge is 0.238 e. The molecule has 0 radical (unpaired) electrons. The Kier molecular flexibility index (Phi) is 5.20. The van der Waals surface area contributed by atoms with Gasteiger partial charge >= 0.3 is 0 Å². The van der Waals surface area contributed by atoms with Gasteiger partial charge in [-0.2, -0.15) is 0 Å². The van der Waals surface area contributed by atoms with Crippen molar-refractivity contribution in [2.24, 2.45) is 0 Å². The number of anilines is 1. The van der Waals surface area contributed by atoms with Gasteiger partial charge in [0.25, 0.3) is 0 Å². The third-order valence-corrected chi connectivity index (χ3v) is 4.14. The number of para-hydroxylation sites is 1. The van der Waals surface area contributed by atoms with Crippen LogP contribution >= 0.6 is 0 Å². The van der Waals surface area contributed by atoms with Gasteiger partial charge in [-0.15, -0.1) is 5.10 Å². The molecule has 0 atom stereocenters. The summed E-state index contributed by atoms with van der Waals surface area (Å²) >= 11 is 0. The van der Waals surface area contributed by atoms with Crippen molar-refractivity contribution in [2.75, 3.05) is 18.4 Å². The fraction of sp³-hybridized carbons (Fsp3) is 0.529. The molecule has 1 heterocycles. The molecular weight excluding hydrogens is 304 g/mol. The summed E-state index contributed by atoms with van der Waals surface area (Å²) in [5.74, 6) is 0.831. The minimum atomic E-state index is -0.0109. The molecule has 0 aliphatic heterocycles. The fourth-order valence-electron chi connectivity index (χ4n) is 2.76. The van der Waals surface area contributed by atoms with Crippen molar-refractivity contribution in [1.82, 2.24) is 25.1 Å². The van der Waals surface area contributed by atoms with E-state index < -0.39 is 0 Å². The highest BCUT2D eigenvalue weighted by molar-refractivity contribution is 5.92. The number of aromatic nitrogens is 4. The molecule has 7 heteroatoms. The Bertz CT molecular complexity index is 694. The van der Waals surface area contributed by atoms with Gasteiger partial charge in [-0.05, 0) is 54.8 Å². The molecule has 1 aromatic carbocycles. The Morgan fingerprint density at radius 1 is 1.38 bits per heavy atom. The summed E-state index contributed by atoms with van der Waals surface area (Å²) in [6, 6.07) is 8.25. The van der Waals surface area contributed by atoms with Gasteiger partial charge in [0.2, 0.25) is 5.91 Å². The van der Waals surface area contributed by atoms with E-state index in [1.165, 1.54) is 0 Å². The zero-order valence-electron chi connectivity index (χ0n) is 14.3. The number of nitrogens with one attached hydrogen (secondary N) is 1. The minimum absolute atomic E-state index is 0.0109. The molecule has 0 bridgehead atoms. The molecule has 1 aliphatic rings. The van der Waals surface area contributed by atoms with Crippen molar-refractivity contribution in [2.45, 2.75) is 45.7 Å². The van der Waals surface area contributed by atoms with Crippen LogP contribution < -0.4 is 5.32 Å². The number of rotatable bonds is 8. The van der Waals surface area contributed by atoms with Crippen LogP contribution in [0.5, 0.6) is 0 Å². The Morgan fingerprint density at radius 2 is 2.17 bits per heavy atom. The summed E-state index contributed by atoms with van der Waals surface area (Å²) in [5.41, 5.74) is 1.92. The minimum Gasteiger partial charge on any atom is -0.325 e. The monoisotopic (exact) mass is 328 g/mol. The second-order valence-electron chi connectivity index (χ2n) is 6.34. The van der Waals surface area contributed by atoms with Crippen LogP contribution in [0.15, 0.2) is 24.3 Å². The second-order valence-corrected chi connectivity index (χ2v) is 6.34. The van der Waals surface area contributed by atoms with Gasteiger partial charge in [0, 0.05) is 5.69 Å². The lowest BCUT2D eigenvalue weighted by Crippen LogP contribution is -2.34. The number of carbonyl (C=O) groups is 1. The first-order chi connectivity index (χ1) is 11.7. The van der Waals surface area contributed by atoms with Crippen molar-refractivity contribution in [3.8, 4) is 0 Å². The summed E-state index contributed by atoms with van der Waals surface area (Å²) in [7, 11) is 0. The molecule has 1 N–H and O–H groups in total. The standard InChI is InChI=1S/C17H24N6O/c1-3-10-22(11-16-19-20-21-23(16)14-8-9-14)12-17(24)18-15-7-5-4-6-13(15)2/h4-7,14H,3,8-12H2,1-2H3,(H,18,24). The van der Waals surface area contributed by atoms with Crippen LogP contribution in [-0.4, -0.2) is 44.1 Å². The summed E-state index contributed by atoms with van der Waals surface area (Å²) < 4.78 is 1.90. The van der Waals surface area contributed by atoms with Crippen molar-refractivity contribution in [1.29, 1.82) is 0 Å². The zero-order chi connectivity index (χ0) is 16.9. The molecule has 7 nitrogen and oxygen atoms in total. The number of hydrogen-bond donors (Lipinski definition) is 1. The predicted octanol–water partition coefficient (Wildman–Crippen LogP) is 2.17. The van der Waals surface area contributed by atoms with Gasteiger partial charge in [0.15, 0.2) is 5.82 Å². The van der Waals surface area contributed by atoms with Gasteiger partial charge in [-0.25, -0.2) is 4.68 Å². The molecule has 2 aromatic rings. The first-order valence-corrected chi connectivity index (χ1v) is 8.52. The maximum atomic E-state index is 12.4. The average Bonchev–Trinajstić information content (AvgIpc) is 3.30. The molecule has 24 heavy (non-hydrogen) atoms. The number of amides is 1. The highest BCUT2D eigenvalue weighted by Gasteiger charge is 2.28. The lowest BCUT2D eigenvalue weighted by molar-refractivity contribution is -0.117. The van der Waals surface area contributed by atoms with Crippen LogP contribution in [0.3, 0.4) is 0 Å². The molecule has 1 saturated carbocycles. The highest BCUT2D eigenvalue weighted by atomic mass is 16.2. The van der Waals surface area contributed by atoms with E-state index >= 15 is 0 Å². The summed E-state index contributed by atoms with van der Waals surface area (Å²) in [5, 5.41) is 15.0. The van der Waals surface area contributed by atoms with E-state index in [0.717, 1.165) is 42.9 Å². The van der Waals surface area contributed by atoms with Crippen molar-refractivity contribution < 1.29 is 4.79 Å². The van der Waals surface area contributed by atoms with E-state index in [4.69, 9.17) is 0 Å². The molecule has 128 valence electrons. The van der Waals surface area contributed by atoms with Crippen LogP contribution in [0.4, 0.5) is 5.69 Å². The second kappa shape index (κ2) is 7.53. The summed E-state index contributed by atoms with van der Waals surface area (Å²) in [6.07, 6.45) is 3.25. The molecule has 0 saturated heterocycles. The van der Waals surface area contributed by atoms with Crippen LogP contribution in [0.2, 0.25) is 0 Å². The fourth-order valence-corrected chi connectivity index (χ4v) is 2.76. The third kappa shape index (κ3) is 4.17. The first-order valence-electron chi connectivity index (χ1n) is 8.52. The SMILES string of the molecule is CCCN(CC(=O)Nc1ccccc1C)Cc1nnnn1C1CC1. The summed E-state index contributed by atoms with van der Waals surface area (Å²) in [6.45, 7) is 5.86. The number of aryl methyl sites for hydroxylation is 1. The normalized spacial score (nSPS) is 14.1. The number of tetrazole rings is 1. The largest absolute Gasteiger partial charge is 0.325 e. The number of hydrogen-bond acceptors (Lipinski definition) is 5. The lowest BCUT2D eigenvalue weighted by atomic mass is 10.2. The first kappa shape index (κ1) is 16.6. The number of benzene rings is 1. The Hall–Kier alpha value is -2.28. The Balaban J connectivity index is 1.61. The molecule has 3 rings (SSSR count). The van der Waals surface area contributed by atoms with E-state index in [1.54, 1.807) is 0 Å². The van der Waals surface area contributed by atoms with Crippen LogP contribution in [-0.2, 0) is 11.3 Å². The summed E-state index contributed by atoms with van der Waals surface area (Å²) in [4.78, 5) is 14.5. The van der Waals surface area contributed by atoms with Crippen LogP contribution in [0, 0.1) is 6.92 Å². The van der Waals surface area contributed by atoms with Gasteiger partial charge in [0.1, 0.15) is 0 Å². The quantitative estimate of drug-likeness (QED) is 0.804. The molecule has 1 aliphatic carbocycles. The van der Waals surface area contributed by atoms with E-state index in [9.17, 15) is 4.79 Å². The molecule has 1 aromatic heterocycles. The van der Waals surface area contributed by atoms with Crippen molar-refractivity contribution >= 4 is 11.6 Å². The van der Waals surface area contributed by atoms with Gasteiger partial charge in [-0.3, -0.25) is 9.69 Å². The number of nitrogens with zero attached hydrogens (tertiary/aromatic N) is 5. The van der Waals surface area contributed by atoms with Gasteiger partial charge in [0.05, 0.1) is 19.1 Å². The molecule has 1 amide bonds. The Labute approximate surface area is 142 Å².